The Morgan fingerprint density at radius 2 is 1.47 bits per heavy atom. The first-order valence-electron chi connectivity index (χ1n) is 7.53. The topological polar surface area (TPSA) is 40.6 Å². The number of carbonyl (C=O) groups excluding carboxylic acids is 2. The zero-order valence-electron chi connectivity index (χ0n) is 12.9. The quantitative estimate of drug-likeness (QED) is 0.734. The second-order valence-electron chi connectivity index (χ2n) is 5.81. The molecular weight excluding hydrogens is 240 g/mol. The Kier molecular flexibility index (Phi) is 5.83. The van der Waals surface area contributed by atoms with Gasteiger partial charge in [-0.25, -0.2) is 0 Å². The van der Waals surface area contributed by atoms with Crippen molar-refractivity contribution in [2.45, 2.75) is 53.4 Å². The Labute approximate surface area is 117 Å². The predicted molar refractivity (Wildman–Crippen MR) is 76.8 cm³/mol. The molecule has 0 atom stereocenters. The van der Waals surface area contributed by atoms with E-state index < -0.39 is 5.41 Å². The summed E-state index contributed by atoms with van der Waals surface area (Å²) in [6.45, 7) is 10.4. The summed E-state index contributed by atoms with van der Waals surface area (Å²) >= 11 is 0. The average Bonchev–Trinajstić information content (AvgIpc) is 2.67. The molecule has 0 unspecified atom stereocenters. The van der Waals surface area contributed by atoms with Gasteiger partial charge in [-0.05, 0) is 40.5 Å². The second-order valence-corrected chi connectivity index (χ2v) is 5.81. The van der Waals surface area contributed by atoms with E-state index in [0.717, 1.165) is 25.9 Å². The second kappa shape index (κ2) is 6.92. The lowest BCUT2D eigenvalue weighted by Crippen LogP contribution is -2.51. The maximum absolute atomic E-state index is 12.6. The van der Waals surface area contributed by atoms with E-state index in [4.69, 9.17) is 0 Å². The molecule has 2 amide bonds. The zero-order chi connectivity index (χ0) is 14.5. The van der Waals surface area contributed by atoms with Crippen LogP contribution in [-0.4, -0.2) is 47.8 Å². The minimum absolute atomic E-state index is 0.00806. The lowest BCUT2D eigenvalue weighted by Gasteiger charge is -2.34. The minimum atomic E-state index is -0.934. The van der Waals surface area contributed by atoms with E-state index in [1.54, 1.807) is 18.7 Å². The van der Waals surface area contributed by atoms with Gasteiger partial charge in [0, 0.05) is 26.2 Å². The summed E-state index contributed by atoms with van der Waals surface area (Å²) < 4.78 is 0. The number of likely N-dealkylation sites (tertiary alicyclic amines) is 1. The standard InChI is InChI=1S/C15H28N2O2/c1-5-16(6-2)13(18)15(3,4)14(19)17-11-9-7-8-10-12-17/h5-12H2,1-4H3. The predicted octanol–water partition coefficient (Wildman–Crippen LogP) is 2.28. The van der Waals surface area contributed by atoms with E-state index >= 15 is 0 Å². The van der Waals surface area contributed by atoms with Crippen molar-refractivity contribution in [3.8, 4) is 0 Å². The summed E-state index contributed by atoms with van der Waals surface area (Å²) in [5.74, 6) is -0.0574. The van der Waals surface area contributed by atoms with E-state index in [9.17, 15) is 9.59 Å². The van der Waals surface area contributed by atoms with Gasteiger partial charge < -0.3 is 9.80 Å². The number of nitrogens with zero attached hydrogens (tertiary/aromatic N) is 2. The molecule has 1 saturated heterocycles. The van der Waals surface area contributed by atoms with Crippen LogP contribution in [0.2, 0.25) is 0 Å². The third kappa shape index (κ3) is 3.71. The largest absolute Gasteiger partial charge is 0.342 e. The molecule has 1 heterocycles. The molecule has 1 aliphatic heterocycles. The van der Waals surface area contributed by atoms with Gasteiger partial charge in [-0.1, -0.05) is 12.8 Å². The van der Waals surface area contributed by atoms with Gasteiger partial charge >= 0.3 is 0 Å². The van der Waals surface area contributed by atoms with Crippen molar-refractivity contribution < 1.29 is 9.59 Å². The molecule has 0 aromatic heterocycles. The summed E-state index contributed by atoms with van der Waals surface area (Å²) in [6.07, 6.45) is 4.49. The molecule has 0 spiro atoms. The molecule has 0 aliphatic carbocycles. The molecule has 1 rings (SSSR count). The van der Waals surface area contributed by atoms with Crippen LogP contribution < -0.4 is 0 Å². The molecule has 1 fully saturated rings. The first-order chi connectivity index (χ1) is 8.95. The fraction of sp³-hybridized carbons (Fsp3) is 0.867. The van der Waals surface area contributed by atoms with Crippen molar-refractivity contribution in [1.82, 2.24) is 9.80 Å². The highest BCUT2D eigenvalue weighted by Crippen LogP contribution is 2.24. The van der Waals surface area contributed by atoms with Crippen LogP contribution in [0.15, 0.2) is 0 Å². The maximum Gasteiger partial charge on any atom is 0.237 e. The van der Waals surface area contributed by atoms with E-state index in [1.165, 1.54) is 12.8 Å². The Morgan fingerprint density at radius 1 is 1.00 bits per heavy atom. The number of carbonyl (C=O) groups is 2. The first-order valence-corrected chi connectivity index (χ1v) is 7.53. The highest BCUT2D eigenvalue weighted by molar-refractivity contribution is 6.04. The molecule has 4 heteroatoms. The minimum Gasteiger partial charge on any atom is -0.342 e. The molecule has 110 valence electrons. The van der Waals surface area contributed by atoms with E-state index in [2.05, 4.69) is 0 Å². The normalized spacial score (nSPS) is 16.9. The van der Waals surface area contributed by atoms with E-state index in [0.29, 0.717) is 13.1 Å². The molecule has 0 aromatic rings. The molecule has 0 radical (unpaired) electrons. The third-order valence-corrected chi connectivity index (χ3v) is 4.01. The van der Waals surface area contributed by atoms with Crippen molar-refractivity contribution in [3.63, 3.8) is 0 Å². The van der Waals surface area contributed by atoms with Crippen LogP contribution in [0.1, 0.15) is 53.4 Å². The van der Waals surface area contributed by atoms with Gasteiger partial charge in [0.25, 0.3) is 0 Å². The average molecular weight is 268 g/mol. The summed E-state index contributed by atoms with van der Waals surface area (Å²) in [7, 11) is 0. The summed E-state index contributed by atoms with van der Waals surface area (Å²) in [4.78, 5) is 28.7. The van der Waals surface area contributed by atoms with Gasteiger partial charge in [0.1, 0.15) is 5.41 Å². The monoisotopic (exact) mass is 268 g/mol. The Bertz CT molecular complexity index is 314. The van der Waals surface area contributed by atoms with E-state index in [-0.39, 0.29) is 11.8 Å². The number of amides is 2. The third-order valence-electron chi connectivity index (χ3n) is 4.01. The van der Waals surface area contributed by atoms with Crippen LogP contribution >= 0.6 is 0 Å². The van der Waals surface area contributed by atoms with Crippen LogP contribution in [0.5, 0.6) is 0 Å². The molecule has 0 saturated carbocycles. The van der Waals surface area contributed by atoms with Crippen molar-refractivity contribution in [1.29, 1.82) is 0 Å². The summed E-state index contributed by atoms with van der Waals surface area (Å²) in [6, 6.07) is 0. The fourth-order valence-electron chi connectivity index (χ4n) is 2.67. The molecule has 0 bridgehead atoms. The van der Waals surface area contributed by atoms with Crippen LogP contribution in [-0.2, 0) is 9.59 Å². The van der Waals surface area contributed by atoms with Crippen molar-refractivity contribution in [2.75, 3.05) is 26.2 Å². The van der Waals surface area contributed by atoms with Crippen molar-refractivity contribution in [2.24, 2.45) is 5.41 Å². The number of rotatable bonds is 4. The van der Waals surface area contributed by atoms with Gasteiger partial charge in [-0.3, -0.25) is 9.59 Å². The number of hydrogen-bond acceptors (Lipinski definition) is 2. The van der Waals surface area contributed by atoms with Crippen LogP contribution in [0, 0.1) is 5.41 Å². The van der Waals surface area contributed by atoms with Crippen LogP contribution in [0.25, 0.3) is 0 Å². The maximum atomic E-state index is 12.6. The molecule has 19 heavy (non-hydrogen) atoms. The fourth-order valence-corrected chi connectivity index (χ4v) is 2.67. The van der Waals surface area contributed by atoms with Gasteiger partial charge in [0.05, 0.1) is 0 Å². The molecule has 0 aromatic carbocycles. The Hall–Kier alpha value is -1.06. The van der Waals surface area contributed by atoms with Gasteiger partial charge in [-0.2, -0.15) is 0 Å². The van der Waals surface area contributed by atoms with Crippen molar-refractivity contribution >= 4 is 11.8 Å². The lowest BCUT2D eigenvalue weighted by atomic mass is 9.89. The number of hydrogen-bond donors (Lipinski definition) is 0. The summed E-state index contributed by atoms with van der Waals surface area (Å²) in [5.41, 5.74) is -0.934. The van der Waals surface area contributed by atoms with E-state index in [1.807, 2.05) is 18.7 Å². The van der Waals surface area contributed by atoms with Gasteiger partial charge in [0.15, 0.2) is 0 Å². The van der Waals surface area contributed by atoms with Gasteiger partial charge in [0.2, 0.25) is 11.8 Å². The first kappa shape index (κ1) is 16.0. The molecular formula is C15H28N2O2. The lowest BCUT2D eigenvalue weighted by molar-refractivity contribution is -0.153. The van der Waals surface area contributed by atoms with Crippen LogP contribution in [0.4, 0.5) is 0 Å². The highest BCUT2D eigenvalue weighted by atomic mass is 16.2. The Balaban J connectivity index is 2.79. The molecule has 1 aliphatic rings. The summed E-state index contributed by atoms with van der Waals surface area (Å²) in [5, 5.41) is 0. The zero-order valence-corrected chi connectivity index (χ0v) is 12.9. The molecule has 4 nitrogen and oxygen atoms in total. The Morgan fingerprint density at radius 3 is 1.89 bits per heavy atom. The SMILES string of the molecule is CCN(CC)C(=O)C(C)(C)C(=O)N1CCCCCC1. The van der Waals surface area contributed by atoms with Crippen LogP contribution in [0.3, 0.4) is 0 Å². The smallest absolute Gasteiger partial charge is 0.237 e. The highest BCUT2D eigenvalue weighted by Gasteiger charge is 2.41. The molecule has 0 N–H and O–H groups in total. The van der Waals surface area contributed by atoms with Gasteiger partial charge in [-0.15, -0.1) is 0 Å². The van der Waals surface area contributed by atoms with Crippen molar-refractivity contribution in [3.05, 3.63) is 0 Å².